The molecule has 11 heteroatoms. The number of benzene rings is 1. The van der Waals surface area contributed by atoms with Crippen LogP contribution in [-0.4, -0.2) is 27.8 Å². The van der Waals surface area contributed by atoms with Crippen molar-refractivity contribution in [2.75, 3.05) is 16.4 Å². The molecule has 4 rings (SSSR count). The Balaban J connectivity index is 1.37. The van der Waals surface area contributed by atoms with Crippen molar-refractivity contribution in [3.8, 4) is 0 Å². The number of aromatic nitrogens is 2. The first-order valence-electron chi connectivity index (χ1n) is 9.23. The Morgan fingerprint density at radius 1 is 1.17 bits per heavy atom. The zero-order valence-electron chi connectivity index (χ0n) is 15.7. The molecule has 2 amide bonds. The van der Waals surface area contributed by atoms with Crippen LogP contribution in [0.3, 0.4) is 0 Å². The number of anilines is 3. The fourth-order valence-electron chi connectivity index (χ4n) is 3.20. The molecule has 0 saturated heterocycles. The van der Waals surface area contributed by atoms with Gasteiger partial charge in [0.1, 0.15) is 10.8 Å². The molecule has 1 aliphatic carbocycles. The van der Waals surface area contributed by atoms with Crippen LogP contribution in [0.4, 0.5) is 20.2 Å². The Labute approximate surface area is 184 Å². The predicted molar refractivity (Wildman–Crippen MR) is 118 cm³/mol. The van der Waals surface area contributed by atoms with Crippen LogP contribution in [0.1, 0.15) is 33.6 Å². The van der Waals surface area contributed by atoms with E-state index in [-0.39, 0.29) is 17.5 Å². The number of nitrogens with one attached hydrogen (secondary N) is 2. The van der Waals surface area contributed by atoms with Gasteiger partial charge in [-0.05, 0) is 43.4 Å². The summed E-state index contributed by atoms with van der Waals surface area (Å²) in [5, 5.41) is 14.6. The van der Waals surface area contributed by atoms with E-state index >= 15 is 0 Å². The molecule has 2 heterocycles. The molecule has 0 atom stereocenters. The third kappa shape index (κ3) is 4.63. The zero-order valence-corrected chi connectivity index (χ0v) is 18.2. The number of rotatable bonds is 7. The number of fused-ring (bicyclic) bond motifs is 1. The normalized spacial score (nSPS) is 13.0. The van der Waals surface area contributed by atoms with Crippen molar-refractivity contribution in [2.24, 2.45) is 5.73 Å². The van der Waals surface area contributed by atoms with Crippen LogP contribution in [0, 0.1) is 5.82 Å². The lowest BCUT2D eigenvalue weighted by atomic mass is 9.95. The van der Waals surface area contributed by atoms with E-state index in [1.165, 1.54) is 40.5 Å². The second kappa shape index (κ2) is 9.11. The van der Waals surface area contributed by atoms with Crippen molar-refractivity contribution in [1.82, 2.24) is 10.2 Å². The number of carbonyl (C=O) groups is 2. The van der Waals surface area contributed by atoms with E-state index in [2.05, 4.69) is 20.8 Å². The van der Waals surface area contributed by atoms with Crippen molar-refractivity contribution in [1.29, 1.82) is 0 Å². The van der Waals surface area contributed by atoms with Crippen LogP contribution in [0.5, 0.6) is 0 Å². The summed E-state index contributed by atoms with van der Waals surface area (Å²) in [6.07, 6.45) is 3.83. The van der Waals surface area contributed by atoms with Gasteiger partial charge in [-0.25, -0.2) is 4.39 Å². The van der Waals surface area contributed by atoms with Gasteiger partial charge in [-0.15, -0.1) is 21.5 Å². The molecule has 0 unspecified atom stereocenters. The molecular weight excluding hydrogens is 445 g/mol. The molecule has 0 aliphatic heterocycles. The van der Waals surface area contributed by atoms with E-state index in [9.17, 15) is 14.0 Å². The molecule has 156 valence electrons. The van der Waals surface area contributed by atoms with Crippen LogP contribution >= 0.6 is 34.4 Å². The number of aryl methyl sites for hydroxylation is 1. The summed E-state index contributed by atoms with van der Waals surface area (Å²) in [6.45, 7) is 0. The largest absolute Gasteiger partial charge is 0.365 e. The van der Waals surface area contributed by atoms with Gasteiger partial charge < -0.3 is 16.4 Å². The molecule has 7 nitrogen and oxygen atoms in total. The third-order valence-corrected chi connectivity index (χ3v) is 7.70. The number of thioether (sulfide) groups is 1. The molecule has 0 radical (unpaired) electrons. The van der Waals surface area contributed by atoms with Crippen LogP contribution in [0.25, 0.3) is 0 Å². The van der Waals surface area contributed by atoms with Gasteiger partial charge in [-0.3, -0.25) is 9.59 Å². The maximum atomic E-state index is 13.7. The lowest BCUT2D eigenvalue weighted by Gasteiger charge is -2.11. The van der Waals surface area contributed by atoms with Crippen molar-refractivity contribution < 1.29 is 14.0 Å². The maximum absolute atomic E-state index is 13.7. The predicted octanol–water partition coefficient (Wildman–Crippen LogP) is 4.19. The highest BCUT2D eigenvalue weighted by Gasteiger charge is 2.25. The number of halogens is 1. The number of amides is 2. The lowest BCUT2D eigenvalue weighted by molar-refractivity contribution is -0.113. The minimum atomic E-state index is -0.509. The minimum absolute atomic E-state index is 0.106. The van der Waals surface area contributed by atoms with Gasteiger partial charge in [0, 0.05) is 4.88 Å². The lowest BCUT2D eigenvalue weighted by Crippen LogP contribution is -2.19. The zero-order chi connectivity index (χ0) is 21.1. The number of nitrogens with two attached hydrogens (primary N) is 1. The number of hydrogen-bond acceptors (Lipinski definition) is 8. The average Bonchev–Trinajstić information content (AvgIpc) is 3.32. The van der Waals surface area contributed by atoms with E-state index in [1.807, 2.05) is 0 Å². The monoisotopic (exact) mass is 463 g/mol. The second-order valence-electron chi connectivity index (χ2n) is 6.59. The summed E-state index contributed by atoms with van der Waals surface area (Å²) in [4.78, 5) is 25.5. The summed E-state index contributed by atoms with van der Waals surface area (Å²) in [5.74, 6) is -1.04. The first-order chi connectivity index (χ1) is 14.5. The van der Waals surface area contributed by atoms with Crippen LogP contribution in [0.2, 0.25) is 0 Å². The summed E-state index contributed by atoms with van der Waals surface area (Å²) in [5.41, 5.74) is 7.30. The minimum Gasteiger partial charge on any atom is -0.365 e. The molecule has 0 fully saturated rings. The maximum Gasteiger partial charge on any atom is 0.251 e. The van der Waals surface area contributed by atoms with Gasteiger partial charge in [-0.1, -0.05) is 35.2 Å². The van der Waals surface area contributed by atoms with Gasteiger partial charge in [-0.2, -0.15) is 0 Å². The number of thiophene rings is 1. The third-order valence-electron chi connectivity index (χ3n) is 4.52. The summed E-state index contributed by atoms with van der Waals surface area (Å²) >= 11 is 3.88. The van der Waals surface area contributed by atoms with E-state index in [0.717, 1.165) is 36.1 Å². The van der Waals surface area contributed by atoms with E-state index in [0.29, 0.717) is 25.7 Å². The molecule has 0 spiro atoms. The molecule has 0 saturated carbocycles. The molecule has 1 aromatic carbocycles. The Hall–Kier alpha value is -2.50. The first-order valence-corrected chi connectivity index (χ1v) is 11.8. The Kier molecular flexibility index (Phi) is 6.30. The molecule has 4 N–H and O–H groups in total. The van der Waals surface area contributed by atoms with E-state index < -0.39 is 5.91 Å². The number of primary amides is 1. The fourth-order valence-corrected chi connectivity index (χ4v) is 6.08. The quantitative estimate of drug-likeness (QED) is 0.453. The number of carbonyl (C=O) groups excluding carboxylic acids is 2. The van der Waals surface area contributed by atoms with Crippen molar-refractivity contribution in [3.05, 3.63) is 46.1 Å². The topological polar surface area (TPSA) is 110 Å². The van der Waals surface area contributed by atoms with E-state index in [1.54, 1.807) is 18.2 Å². The Bertz CT molecular complexity index is 1100. The number of para-hydroxylation sites is 1. The summed E-state index contributed by atoms with van der Waals surface area (Å²) in [6, 6.07) is 6.28. The van der Waals surface area contributed by atoms with Gasteiger partial charge >= 0.3 is 0 Å². The average molecular weight is 464 g/mol. The SMILES string of the molecule is NC(=O)c1c(NC(=O)CSc2nnc(Nc3ccccc3F)s2)sc2c1CCCC2. The second-order valence-corrected chi connectivity index (χ2v) is 9.90. The standard InChI is InChI=1S/C19H18FN5O2S3/c20-11-6-2-3-7-12(11)22-18-24-25-19(30-18)28-9-14(26)23-17-15(16(21)27)10-5-1-4-8-13(10)29-17/h2-3,6-7H,1,4-5,8-9H2,(H2,21,27)(H,22,24)(H,23,26). The van der Waals surface area contributed by atoms with E-state index in [4.69, 9.17) is 5.73 Å². The van der Waals surface area contributed by atoms with Crippen molar-refractivity contribution in [3.63, 3.8) is 0 Å². The molecule has 2 aromatic heterocycles. The first kappa shape index (κ1) is 20.8. The highest BCUT2D eigenvalue weighted by atomic mass is 32.2. The molecule has 0 bridgehead atoms. The van der Waals surface area contributed by atoms with Crippen LogP contribution in [-0.2, 0) is 17.6 Å². The molecular formula is C19H18FN5O2S3. The Morgan fingerprint density at radius 2 is 1.97 bits per heavy atom. The molecule has 1 aliphatic rings. The van der Waals surface area contributed by atoms with Crippen molar-refractivity contribution >= 4 is 62.1 Å². The summed E-state index contributed by atoms with van der Waals surface area (Å²) in [7, 11) is 0. The van der Waals surface area contributed by atoms with Crippen LogP contribution in [0.15, 0.2) is 28.6 Å². The molecule has 3 aromatic rings. The van der Waals surface area contributed by atoms with Crippen LogP contribution < -0.4 is 16.4 Å². The van der Waals surface area contributed by atoms with Crippen molar-refractivity contribution in [2.45, 2.75) is 30.0 Å². The number of hydrogen-bond donors (Lipinski definition) is 3. The molecule has 30 heavy (non-hydrogen) atoms. The Morgan fingerprint density at radius 3 is 2.77 bits per heavy atom. The smallest absolute Gasteiger partial charge is 0.251 e. The van der Waals surface area contributed by atoms with Gasteiger partial charge in [0.25, 0.3) is 5.91 Å². The summed E-state index contributed by atoms with van der Waals surface area (Å²) < 4.78 is 14.3. The highest BCUT2D eigenvalue weighted by Crippen LogP contribution is 2.38. The number of nitrogens with zero attached hydrogens (tertiary/aromatic N) is 2. The van der Waals surface area contributed by atoms with Gasteiger partial charge in [0.15, 0.2) is 4.34 Å². The van der Waals surface area contributed by atoms with Gasteiger partial charge in [0.2, 0.25) is 11.0 Å². The fraction of sp³-hybridized carbons (Fsp3) is 0.263. The highest BCUT2D eigenvalue weighted by molar-refractivity contribution is 8.01. The van der Waals surface area contributed by atoms with Gasteiger partial charge in [0.05, 0.1) is 17.0 Å².